The third-order valence-electron chi connectivity index (χ3n) is 5.59. The van der Waals surface area contributed by atoms with E-state index in [4.69, 9.17) is 4.98 Å². The van der Waals surface area contributed by atoms with Crippen LogP contribution < -0.4 is 5.32 Å². The number of piperidine rings is 1. The van der Waals surface area contributed by atoms with E-state index in [1.165, 1.54) is 5.56 Å². The van der Waals surface area contributed by atoms with E-state index in [2.05, 4.69) is 51.0 Å². The maximum atomic E-state index is 5.02. The molecule has 28 heavy (non-hydrogen) atoms. The first-order valence-electron chi connectivity index (χ1n) is 9.86. The van der Waals surface area contributed by atoms with Crippen molar-refractivity contribution in [2.75, 3.05) is 0 Å². The van der Waals surface area contributed by atoms with Gasteiger partial charge in [0.05, 0.1) is 29.2 Å². The van der Waals surface area contributed by atoms with Crippen molar-refractivity contribution in [1.29, 1.82) is 0 Å². The zero-order valence-corrected chi connectivity index (χ0v) is 15.9. The minimum Gasteiger partial charge on any atom is -0.300 e. The number of hydrogen-bond acceptors (Lipinski definition) is 4. The summed E-state index contributed by atoms with van der Waals surface area (Å²) in [4.78, 5) is 14.0. The summed E-state index contributed by atoms with van der Waals surface area (Å²) in [7, 11) is 0. The molecular weight excluding hydrogens is 346 g/mol. The number of pyridine rings is 3. The van der Waals surface area contributed by atoms with Gasteiger partial charge >= 0.3 is 0 Å². The van der Waals surface area contributed by atoms with Crippen molar-refractivity contribution < 1.29 is 0 Å². The quantitative estimate of drug-likeness (QED) is 0.571. The lowest BCUT2D eigenvalue weighted by Crippen LogP contribution is -2.32. The Labute approximate surface area is 164 Å². The summed E-state index contributed by atoms with van der Waals surface area (Å²) in [5, 5.41) is 3.84. The van der Waals surface area contributed by atoms with Gasteiger partial charge in [0, 0.05) is 30.4 Å². The maximum Gasteiger partial charge on any atom is 0.137 e. The highest BCUT2D eigenvalue weighted by atomic mass is 15.1. The van der Waals surface area contributed by atoms with Crippen LogP contribution >= 0.6 is 0 Å². The molecule has 5 heteroatoms. The molecule has 0 radical (unpaired) electrons. The Balaban J connectivity index is 1.58. The van der Waals surface area contributed by atoms with E-state index >= 15 is 0 Å². The summed E-state index contributed by atoms with van der Waals surface area (Å²) in [6, 6.07) is 14.8. The van der Waals surface area contributed by atoms with Gasteiger partial charge in [0.15, 0.2) is 0 Å². The van der Waals surface area contributed by atoms with Crippen LogP contribution in [0.25, 0.3) is 16.9 Å². The molecule has 5 rings (SSSR count). The normalized spacial score (nSPS) is 19.8. The number of rotatable bonds is 3. The van der Waals surface area contributed by atoms with Crippen LogP contribution in [0.1, 0.15) is 48.3 Å². The summed E-state index contributed by atoms with van der Waals surface area (Å²) in [6.45, 7) is 2.14. The van der Waals surface area contributed by atoms with E-state index in [1.54, 1.807) is 0 Å². The van der Waals surface area contributed by atoms with Gasteiger partial charge in [0.1, 0.15) is 5.65 Å². The molecule has 5 nitrogen and oxygen atoms in total. The molecule has 1 aliphatic rings. The van der Waals surface area contributed by atoms with E-state index in [1.807, 2.05) is 42.9 Å². The first-order valence-corrected chi connectivity index (χ1v) is 9.86. The molecule has 0 aliphatic carbocycles. The molecule has 1 N–H and O–H groups in total. The van der Waals surface area contributed by atoms with Gasteiger partial charge in [-0.15, -0.1) is 0 Å². The third-order valence-corrected chi connectivity index (χ3v) is 5.59. The summed E-state index contributed by atoms with van der Waals surface area (Å²) in [5.74, 6) is 0. The minimum absolute atomic E-state index is 0.190. The number of aromatic nitrogens is 4. The molecule has 0 saturated carbocycles. The Bertz CT molecular complexity index is 1100. The van der Waals surface area contributed by atoms with Gasteiger partial charge in [-0.1, -0.05) is 12.1 Å². The fourth-order valence-electron chi connectivity index (χ4n) is 4.28. The number of hydrogen-bond donors (Lipinski definition) is 1. The van der Waals surface area contributed by atoms with Crippen molar-refractivity contribution in [3.63, 3.8) is 0 Å². The van der Waals surface area contributed by atoms with Crippen molar-refractivity contribution >= 4 is 5.65 Å². The zero-order chi connectivity index (χ0) is 18.9. The topological polar surface area (TPSA) is 55.1 Å². The highest BCUT2D eigenvalue weighted by molar-refractivity contribution is 5.67. The van der Waals surface area contributed by atoms with Crippen molar-refractivity contribution in [3.05, 3.63) is 84.2 Å². The van der Waals surface area contributed by atoms with Crippen LogP contribution in [0.3, 0.4) is 0 Å². The Morgan fingerprint density at radius 2 is 1.82 bits per heavy atom. The Kier molecular flexibility index (Phi) is 4.37. The molecular formula is C23H23N5. The van der Waals surface area contributed by atoms with Crippen molar-refractivity contribution in [2.45, 2.75) is 38.3 Å². The minimum atomic E-state index is 0.190. The molecule has 1 aliphatic heterocycles. The van der Waals surface area contributed by atoms with E-state index in [0.29, 0.717) is 0 Å². The molecule has 2 unspecified atom stereocenters. The first kappa shape index (κ1) is 17.1. The van der Waals surface area contributed by atoms with E-state index in [0.717, 1.165) is 47.6 Å². The largest absolute Gasteiger partial charge is 0.300 e. The molecule has 2 atom stereocenters. The lowest BCUT2D eigenvalue weighted by Gasteiger charge is -2.31. The molecule has 0 aromatic carbocycles. The molecule has 1 fully saturated rings. The van der Waals surface area contributed by atoms with Gasteiger partial charge in [-0.05, 0) is 62.1 Å². The SMILES string of the molecule is Cc1cccnc1C1CCCC(c2nc3ccccn3c2-c2cccnc2)N1. The Morgan fingerprint density at radius 3 is 2.64 bits per heavy atom. The second-order valence-electron chi connectivity index (χ2n) is 7.42. The number of fused-ring (bicyclic) bond motifs is 1. The summed E-state index contributed by atoms with van der Waals surface area (Å²) >= 11 is 0. The average molecular weight is 369 g/mol. The van der Waals surface area contributed by atoms with Crippen LogP contribution in [0.4, 0.5) is 0 Å². The molecule has 0 bridgehead atoms. The molecule has 5 heterocycles. The number of imidazole rings is 1. The summed E-state index contributed by atoms with van der Waals surface area (Å²) in [5.41, 5.74) is 6.67. The van der Waals surface area contributed by atoms with Crippen LogP contribution in [0, 0.1) is 6.92 Å². The van der Waals surface area contributed by atoms with Crippen LogP contribution in [0.15, 0.2) is 67.3 Å². The predicted octanol–water partition coefficient (Wildman–Crippen LogP) is 4.66. The van der Waals surface area contributed by atoms with Gasteiger partial charge in [-0.3, -0.25) is 14.4 Å². The third kappa shape index (κ3) is 2.98. The van der Waals surface area contributed by atoms with Crippen molar-refractivity contribution in [2.24, 2.45) is 0 Å². The van der Waals surface area contributed by atoms with Crippen LogP contribution in [0.2, 0.25) is 0 Å². The fourth-order valence-corrected chi connectivity index (χ4v) is 4.28. The zero-order valence-electron chi connectivity index (χ0n) is 15.9. The first-order chi connectivity index (χ1) is 13.8. The van der Waals surface area contributed by atoms with Gasteiger partial charge in [-0.25, -0.2) is 4.98 Å². The monoisotopic (exact) mass is 369 g/mol. The second-order valence-corrected chi connectivity index (χ2v) is 7.42. The van der Waals surface area contributed by atoms with Crippen LogP contribution in [-0.4, -0.2) is 19.4 Å². The smallest absolute Gasteiger partial charge is 0.137 e. The molecule has 1 saturated heterocycles. The summed E-state index contributed by atoms with van der Waals surface area (Å²) in [6.07, 6.45) is 11.0. The van der Waals surface area contributed by atoms with Crippen LogP contribution in [0.5, 0.6) is 0 Å². The highest BCUT2D eigenvalue weighted by Gasteiger charge is 2.29. The lowest BCUT2D eigenvalue weighted by molar-refractivity contribution is 0.321. The summed E-state index contributed by atoms with van der Waals surface area (Å²) < 4.78 is 2.17. The second kappa shape index (κ2) is 7.17. The molecule has 0 amide bonds. The number of nitrogens with zero attached hydrogens (tertiary/aromatic N) is 4. The number of aryl methyl sites for hydroxylation is 1. The Morgan fingerprint density at radius 1 is 0.964 bits per heavy atom. The van der Waals surface area contributed by atoms with E-state index < -0.39 is 0 Å². The van der Waals surface area contributed by atoms with Gasteiger partial charge in [0.25, 0.3) is 0 Å². The molecule has 4 aromatic rings. The highest BCUT2D eigenvalue weighted by Crippen LogP contribution is 2.37. The molecule has 0 spiro atoms. The van der Waals surface area contributed by atoms with Crippen molar-refractivity contribution in [1.82, 2.24) is 24.7 Å². The standard InChI is InChI=1S/C23H23N5/c1-16-7-5-13-25-21(16)18-9-4-10-19(26-18)22-23(17-8-6-12-24-15-17)28-14-3-2-11-20(28)27-22/h2-3,5-8,11-15,18-19,26H,4,9-10H2,1H3. The fraction of sp³-hybridized carbons (Fsp3) is 0.261. The van der Waals surface area contributed by atoms with Gasteiger partial charge < -0.3 is 5.32 Å². The average Bonchev–Trinajstić information content (AvgIpc) is 3.14. The Hall–Kier alpha value is -3.05. The predicted molar refractivity (Wildman–Crippen MR) is 110 cm³/mol. The van der Waals surface area contributed by atoms with Gasteiger partial charge in [0.2, 0.25) is 0 Å². The van der Waals surface area contributed by atoms with E-state index in [9.17, 15) is 0 Å². The van der Waals surface area contributed by atoms with Gasteiger partial charge in [-0.2, -0.15) is 0 Å². The molecule has 4 aromatic heterocycles. The van der Waals surface area contributed by atoms with E-state index in [-0.39, 0.29) is 12.1 Å². The van der Waals surface area contributed by atoms with Crippen molar-refractivity contribution in [3.8, 4) is 11.3 Å². The maximum absolute atomic E-state index is 5.02. The number of nitrogens with one attached hydrogen (secondary N) is 1. The van der Waals surface area contributed by atoms with Crippen LogP contribution in [-0.2, 0) is 0 Å². The molecule has 140 valence electrons. The lowest BCUT2D eigenvalue weighted by atomic mass is 9.91.